The summed E-state index contributed by atoms with van der Waals surface area (Å²) in [6.45, 7) is 1.97. The largest absolute Gasteiger partial charge is 0.271 e. The number of hydrogen-bond acceptors (Lipinski definition) is 2. The Morgan fingerprint density at radius 1 is 1.35 bits per heavy atom. The Morgan fingerprint density at radius 2 is 2.10 bits per heavy atom. The highest BCUT2D eigenvalue weighted by atomic mass is 79.9. The van der Waals surface area contributed by atoms with Gasteiger partial charge in [0.25, 0.3) is 0 Å². The van der Waals surface area contributed by atoms with E-state index in [2.05, 4.69) is 21.4 Å². The van der Waals surface area contributed by atoms with Crippen molar-refractivity contribution in [1.29, 1.82) is 0 Å². The summed E-state index contributed by atoms with van der Waals surface area (Å²) in [7, 11) is 0. The first kappa shape index (κ1) is 15.4. The lowest BCUT2D eigenvalue weighted by Gasteiger charge is -2.18. The van der Waals surface area contributed by atoms with Crippen LogP contribution < -0.4 is 11.3 Å². The Morgan fingerprint density at radius 3 is 2.75 bits per heavy atom. The Hall–Kier alpha value is -0.940. The van der Waals surface area contributed by atoms with E-state index in [1.807, 2.05) is 25.1 Å². The van der Waals surface area contributed by atoms with Crippen molar-refractivity contribution in [1.82, 2.24) is 5.43 Å². The molecule has 0 spiro atoms. The van der Waals surface area contributed by atoms with E-state index >= 15 is 0 Å². The van der Waals surface area contributed by atoms with Crippen molar-refractivity contribution in [2.75, 3.05) is 0 Å². The number of nitrogens with one attached hydrogen (secondary N) is 1. The van der Waals surface area contributed by atoms with Crippen LogP contribution in [0.25, 0.3) is 0 Å². The van der Waals surface area contributed by atoms with Gasteiger partial charge in [-0.05, 0) is 52.5 Å². The molecular weight excluding hydrogens is 343 g/mol. The maximum absolute atomic E-state index is 14.1. The van der Waals surface area contributed by atoms with E-state index in [-0.39, 0.29) is 11.9 Å². The molecule has 0 aliphatic rings. The van der Waals surface area contributed by atoms with Crippen molar-refractivity contribution < 1.29 is 4.39 Å². The average molecular weight is 358 g/mol. The van der Waals surface area contributed by atoms with Crippen molar-refractivity contribution in [3.05, 3.63) is 68.4 Å². The number of nitrogens with two attached hydrogens (primary N) is 1. The molecule has 0 aliphatic carbocycles. The smallest absolute Gasteiger partial charge is 0.142 e. The van der Waals surface area contributed by atoms with Gasteiger partial charge in [-0.3, -0.25) is 11.3 Å². The highest BCUT2D eigenvalue weighted by Crippen LogP contribution is 2.28. The summed E-state index contributed by atoms with van der Waals surface area (Å²) in [5.74, 6) is 5.27. The van der Waals surface area contributed by atoms with E-state index in [1.165, 1.54) is 0 Å². The van der Waals surface area contributed by atoms with Crippen LogP contribution in [0.5, 0.6) is 0 Å². The molecule has 0 fully saturated rings. The Balaban J connectivity index is 2.31. The molecule has 0 aromatic heterocycles. The molecule has 20 heavy (non-hydrogen) atoms. The molecule has 0 aliphatic heterocycles. The van der Waals surface area contributed by atoms with Crippen LogP contribution in [-0.4, -0.2) is 0 Å². The summed E-state index contributed by atoms with van der Waals surface area (Å²) in [4.78, 5) is 0. The standard InChI is InChI=1S/C15H15BrClFN2/c1-9-5-6-10(13(17)7-9)8-14(20-19)11-3-2-4-12(16)15(11)18/h2-7,14,20H,8,19H2,1H3. The number of rotatable bonds is 4. The summed E-state index contributed by atoms with van der Waals surface area (Å²) in [5.41, 5.74) is 5.19. The molecule has 106 valence electrons. The zero-order chi connectivity index (χ0) is 14.7. The Labute approximate surface area is 131 Å². The van der Waals surface area contributed by atoms with E-state index in [1.54, 1.807) is 18.2 Å². The van der Waals surface area contributed by atoms with Crippen LogP contribution in [0.1, 0.15) is 22.7 Å². The van der Waals surface area contributed by atoms with Gasteiger partial charge in [0.05, 0.1) is 10.5 Å². The van der Waals surface area contributed by atoms with Crippen LogP contribution in [0, 0.1) is 12.7 Å². The van der Waals surface area contributed by atoms with Crippen LogP contribution in [0.3, 0.4) is 0 Å². The first-order valence-electron chi connectivity index (χ1n) is 6.18. The molecule has 1 unspecified atom stereocenters. The maximum atomic E-state index is 14.1. The molecule has 0 saturated carbocycles. The van der Waals surface area contributed by atoms with Gasteiger partial charge < -0.3 is 0 Å². The van der Waals surface area contributed by atoms with Gasteiger partial charge in [0.1, 0.15) is 5.82 Å². The SMILES string of the molecule is Cc1ccc(CC(NN)c2cccc(Br)c2F)c(Cl)c1. The lowest BCUT2D eigenvalue weighted by atomic mass is 9.98. The van der Waals surface area contributed by atoms with Crippen LogP contribution in [0.4, 0.5) is 4.39 Å². The van der Waals surface area contributed by atoms with Gasteiger partial charge in [0, 0.05) is 10.6 Å². The number of hydrogen-bond donors (Lipinski definition) is 2. The fourth-order valence-corrected chi connectivity index (χ4v) is 2.78. The highest BCUT2D eigenvalue weighted by Gasteiger charge is 2.17. The van der Waals surface area contributed by atoms with Gasteiger partial charge in [-0.15, -0.1) is 0 Å². The topological polar surface area (TPSA) is 38.0 Å². The van der Waals surface area contributed by atoms with Gasteiger partial charge in [-0.2, -0.15) is 0 Å². The average Bonchev–Trinajstić information content (AvgIpc) is 2.42. The number of halogens is 3. The van der Waals surface area contributed by atoms with Crippen molar-refractivity contribution in [3.63, 3.8) is 0 Å². The van der Waals surface area contributed by atoms with Crippen molar-refractivity contribution in [3.8, 4) is 0 Å². The minimum Gasteiger partial charge on any atom is -0.271 e. The molecule has 5 heteroatoms. The molecule has 0 heterocycles. The molecular formula is C15H15BrClFN2. The molecule has 0 radical (unpaired) electrons. The second-order valence-corrected chi connectivity index (χ2v) is 5.92. The van der Waals surface area contributed by atoms with Crippen LogP contribution >= 0.6 is 27.5 Å². The molecule has 2 aromatic rings. The molecule has 0 amide bonds. The van der Waals surface area contributed by atoms with Crippen molar-refractivity contribution >= 4 is 27.5 Å². The zero-order valence-corrected chi connectivity index (χ0v) is 13.3. The third-order valence-corrected chi connectivity index (χ3v) is 4.15. The predicted molar refractivity (Wildman–Crippen MR) is 84.1 cm³/mol. The summed E-state index contributed by atoms with van der Waals surface area (Å²) in [6.07, 6.45) is 0.517. The van der Waals surface area contributed by atoms with Crippen molar-refractivity contribution in [2.24, 2.45) is 5.84 Å². The summed E-state index contributed by atoms with van der Waals surface area (Å²) in [6, 6.07) is 10.6. The molecule has 3 N–H and O–H groups in total. The maximum Gasteiger partial charge on any atom is 0.142 e. The molecule has 0 bridgehead atoms. The third-order valence-electron chi connectivity index (χ3n) is 3.19. The summed E-state index contributed by atoms with van der Waals surface area (Å²) >= 11 is 9.40. The number of aryl methyl sites for hydroxylation is 1. The summed E-state index contributed by atoms with van der Waals surface area (Å²) in [5, 5.41) is 0.667. The number of hydrazine groups is 1. The van der Waals surface area contributed by atoms with E-state index in [0.717, 1.165) is 11.1 Å². The zero-order valence-electron chi connectivity index (χ0n) is 11.0. The second-order valence-electron chi connectivity index (χ2n) is 4.66. The second kappa shape index (κ2) is 6.68. The monoisotopic (exact) mass is 356 g/mol. The first-order chi connectivity index (χ1) is 9.52. The van der Waals surface area contributed by atoms with Crippen molar-refractivity contribution in [2.45, 2.75) is 19.4 Å². The molecule has 0 saturated heterocycles. The molecule has 2 aromatic carbocycles. The van der Waals surface area contributed by atoms with Gasteiger partial charge in [-0.1, -0.05) is 35.9 Å². The number of benzene rings is 2. The van der Waals surface area contributed by atoms with E-state index in [9.17, 15) is 4.39 Å². The summed E-state index contributed by atoms with van der Waals surface area (Å²) < 4.78 is 14.6. The van der Waals surface area contributed by atoms with Crippen LogP contribution in [0.15, 0.2) is 40.9 Å². The minimum absolute atomic E-state index is 0.307. The fraction of sp³-hybridized carbons (Fsp3) is 0.200. The Bertz CT molecular complexity index is 619. The molecule has 1 atom stereocenters. The third kappa shape index (κ3) is 3.38. The fourth-order valence-electron chi connectivity index (χ4n) is 2.09. The highest BCUT2D eigenvalue weighted by molar-refractivity contribution is 9.10. The predicted octanol–water partition coefficient (Wildman–Crippen LogP) is 4.30. The van der Waals surface area contributed by atoms with Gasteiger partial charge >= 0.3 is 0 Å². The van der Waals surface area contributed by atoms with Crippen LogP contribution in [-0.2, 0) is 6.42 Å². The minimum atomic E-state index is -0.340. The van der Waals surface area contributed by atoms with Crippen LogP contribution in [0.2, 0.25) is 5.02 Å². The van der Waals surface area contributed by atoms with E-state index in [4.69, 9.17) is 17.4 Å². The van der Waals surface area contributed by atoms with E-state index < -0.39 is 0 Å². The Kier molecular flexibility index (Phi) is 5.16. The lowest BCUT2D eigenvalue weighted by Crippen LogP contribution is -2.30. The lowest BCUT2D eigenvalue weighted by molar-refractivity contribution is 0.508. The van der Waals surface area contributed by atoms with E-state index in [0.29, 0.717) is 21.5 Å². The van der Waals surface area contributed by atoms with Gasteiger partial charge in [0.15, 0.2) is 0 Å². The molecule has 2 nitrogen and oxygen atoms in total. The first-order valence-corrected chi connectivity index (χ1v) is 7.35. The quantitative estimate of drug-likeness (QED) is 0.632. The van der Waals surface area contributed by atoms with Gasteiger partial charge in [0.2, 0.25) is 0 Å². The van der Waals surface area contributed by atoms with Gasteiger partial charge in [-0.25, -0.2) is 4.39 Å². The molecule has 2 rings (SSSR count). The normalized spacial score (nSPS) is 12.4.